The van der Waals surface area contributed by atoms with Gasteiger partial charge in [0.15, 0.2) is 5.15 Å². The molecule has 0 unspecified atom stereocenters. The van der Waals surface area contributed by atoms with Gasteiger partial charge in [-0.25, -0.2) is 0 Å². The minimum atomic E-state index is 0.384. The Morgan fingerprint density at radius 1 is 1.14 bits per heavy atom. The third kappa shape index (κ3) is 0.992. The van der Waals surface area contributed by atoms with E-state index >= 15 is 0 Å². The molecule has 0 aromatic heterocycles. The molecule has 3 nitrogen and oxygen atoms in total. The Morgan fingerprint density at radius 3 is 2.93 bits per heavy atom. The Morgan fingerprint density at radius 2 is 2.00 bits per heavy atom. The van der Waals surface area contributed by atoms with E-state index in [0.29, 0.717) is 11.0 Å². The first-order chi connectivity index (χ1) is 6.84. The van der Waals surface area contributed by atoms with E-state index in [9.17, 15) is 0 Å². The summed E-state index contributed by atoms with van der Waals surface area (Å²) >= 11 is 5.84. The van der Waals surface area contributed by atoms with Crippen LogP contribution in [0.25, 0.3) is 22.4 Å². The average molecular weight is 205 g/mol. The van der Waals surface area contributed by atoms with Crippen LogP contribution in [0.4, 0.5) is 0 Å². The van der Waals surface area contributed by atoms with Crippen molar-refractivity contribution in [2.75, 3.05) is 0 Å². The zero-order valence-electron chi connectivity index (χ0n) is 7.07. The highest BCUT2D eigenvalue weighted by Gasteiger charge is 2.14. The Balaban J connectivity index is 2.49. The van der Waals surface area contributed by atoms with Crippen molar-refractivity contribution < 1.29 is 4.42 Å². The summed E-state index contributed by atoms with van der Waals surface area (Å²) in [4.78, 5) is 0. The van der Waals surface area contributed by atoms with Crippen molar-refractivity contribution in [2.45, 2.75) is 0 Å². The van der Waals surface area contributed by atoms with Crippen molar-refractivity contribution in [3.05, 3.63) is 35.5 Å². The van der Waals surface area contributed by atoms with E-state index in [0.717, 1.165) is 16.5 Å². The molecule has 0 fully saturated rings. The molecule has 0 N–H and O–H groups in total. The highest BCUT2D eigenvalue weighted by Crippen LogP contribution is 2.31. The van der Waals surface area contributed by atoms with E-state index in [1.807, 2.05) is 30.3 Å². The van der Waals surface area contributed by atoms with E-state index in [2.05, 4.69) is 10.2 Å². The molecule has 0 bridgehead atoms. The number of hydrogen-bond acceptors (Lipinski definition) is 3. The predicted molar refractivity (Wildman–Crippen MR) is 53.4 cm³/mol. The zero-order valence-corrected chi connectivity index (χ0v) is 7.82. The quantitative estimate of drug-likeness (QED) is 0.565. The molecule has 1 aromatic rings. The molecule has 0 radical (unpaired) electrons. The van der Waals surface area contributed by atoms with E-state index in [1.54, 1.807) is 0 Å². The molecule has 0 saturated heterocycles. The summed E-state index contributed by atoms with van der Waals surface area (Å²) in [6, 6.07) is 9.63. The molecular formula is C10H5ClN2O. The van der Waals surface area contributed by atoms with Gasteiger partial charge in [0.25, 0.3) is 0 Å². The fourth-order valence-electron chi connectivity index (χ4n) is 1.43. The van der Waals surface area contributed by atoms with Crippen molar-refractivity contribution in [1.82, 2.24) is 10.2 Å². The van der Waals surface area contributed by atoms with Gasteiger partial charge in [0.05, 0.1) is 5.56 Å². The monoisotopic (exact) mass is 204 g/mol. The number of fused-ring (bicyclic) bond motifs is 2. The van der Waals surface area contributed by atoms with Crippen LogP contribution in [0, 0.1) is 0 Å². The lowest BCUT2D eigenvalue weighted by molar-refractivity contribution is 0.598. The molecule has 68 valence electrons. The maximum Gasteiger partial charge on any atom is 0.249 e. The molecule has 2 aliphatic rings. The highest BCUT2D eigenvalue weighted by molar-refractivity contribution is 6.32. The van der Waals surface area contributed by atoms with Crippen molar-refractivity contribution in [2.24, 2.45) is 0 Å². The van der Waals surface area contributed by atoms with Gasteiger partial charge in [-0.05, 0) is 12.1 Å². The highest BCUT2D eigenvalue weighted by atomic mass is 35.5. The topological polar surface area (TPSA) is 38.9 Å². The number of nitrogens with zero attached hydrogens (tertiary/aromatic N) is 2. The van der Waals surface area contributed by atoms with Crippen LogP contribution in [0.5, 0.6) is 0 Å². The Hall–Kier alpha value is -1.61. The van der Waals surface area contributed by atoms with Gasteiger partial charge in [-0.15, -0.1) is 10.2 Å². The lowest BCUT2D eigenvalue weighted by Gasteiger charge is -1.99. The van der Waals surface area contributed by atoms with E-state index in [-0.39, 0.29) is 0 Å². The zero-order chi connectivity index (χ0) is 9.54. The molecule has 0 amide bonds. The molecule has 14 heavy (non-hydrogen) atoms. The number of hydrogen-bond donors (Lipinski definition) is 0. The Bertz CT molecular complexity index is 575. The van der Waals surface area contributed by atoms with Crippen LogP contribution in [-0.2, 0) is 0 Å². The summed E-state index contributed by atoms with van der Waals surface area (Å²) in [5.74, 6) is 0.480. The molecule has 0 aliphatic carbocycles. The van der Waals surface area contributed by atoms with Gasteiger partial charge >= 0.3 is 0 Å². The SMILES string of the molecule is Clc1nnc2oc3ccccc3cc1-2. The summed E-state index contributed by atoms with van der Waals surface area (Å²) in [6.07, 6.45) is 0. The summed E-state index contributed by atoms with van der Waals surface area (Å²) in [5.41, 5.74) is 1.54. The number of halogens is 1. The lowest BCUT2D eigenvalue weighted by Crippen LogP contribution is -1.78. The minimum Gasteiger partial charge on any atom is -0.436 e. The van der Waals surface area contributed by atoms with Crippen LogP contribution >= 0.6 is 11.6 Å². The number of benzene rings is 1. The minimum absolute atomic E-state index is 0.384. The first kappa shape index (κ1) is 7.76. The van der Waals surface area contributed by atoms with Crippen LogP contribution < -0.4 is 0 Å². The van der Waals surface area contributed by atoms with Crippen molar-refractivity contribution in [3.8, 4) is 11.5 Å². The van der Waals surface area contributed by atoms with Crippen LogP contribution in [0.1, 0.15) is 0 Å². The van der Waals surface area contributed by atoms with Gasteiger partial charge in [-0.2, -0.15) is 0 Å². The van der Waals surface area contributed by atoms with E-state index in [1.165, 1.54) is 0 Å². The molecule has 1 aromatic carbocycles. The molecule has 0 atom stereocenters. The van der Waals surface area contributed by atoms with Gasteiger partial charge in [-0.1, -0.05) is 29.8 Å². The first-order valence-corrected chi connectivity index (χ1v) is 4.53. The van der Waals surface area contributed by atoms with Gasteiger partial charge in [0, 0.05) is 5.39 Å². The second-order valence-electron chi connectivity index (χ2n) is 2.99. The molecule has 2 heterocycles. The molecule has 4 heteroatoms. The second-order valence-corrected chi connectivity index (χ2v) is 3.35. The molecular weight excluding hydrogens is 200 g/mol. The summed E-state index contributed by atoms with van der Waals surface area (Å²) < 4.78 is 5.51. The smallest absolute Gasteiger partial charge is 0.249 e. The fourth-order valence-corrected chi connectivity index (χ4v) is 1.61. The molecule has 2 aliphatic heterocycles. The number of para-hydroxylation sites is 1. The van der Waals surface area contributed by atoms with Crippen LogP contribution in [0.2, 0.25) is 5.15 Å². The van der Waals surface area contributed by atoms with Gasteiger partial charge < -0.3 is 4.42 Å². The normalized spacial score (nSPS) is 11.2. The maximum absolute atomic E-state index is 5.84. The lowest BCUT2D eigenvalue weighted by atomic mass is 10.2. The van der Waals surface area contributed by atoms with E-state index in [4.69, 9.17) is 16.0 Å². The summed E-state index contributed by atoms with van der Waals surface area (Å²) in [7, 11) is 0. The molecule has 0 saturated carbocycles. The molecule has 0 spiro atoms. The van der Waals surface area contributed by atoms with Crippen LogP contribution in [-0.4, -0.2) is 10.2 Å². The standard InChI is InChI=1S/C10H5ClN2O/c11-9-7-5-6-3-1-2-4-8(6)14-10(7)13-12-9/h1-5H. The van der Waals surface area contributed by atoms with Gasteiger partial charge in [-0.3, -0.25) is 0 Å². The summed E-state index contributed by atoms with van der Waals surface area (Å²) in [5, 5.41) is 8.94. The summed E-state index contributed by atoms with van der Waals surface area (Å²) in [6.45, 7) is 0. The van der Waals surface area contributed by atoms with Crippen LogP contribution in [0.3, 0.4) is 0 Å². The van der Waals surface area contributed by atoms with E-state index < -0.39 is 0 Å². The van der Waals surface area contributed by atoms with Crippen molar-refractivity contribution in [3.63, 3.8) is 0 Å². The predicted octanol–water partition coefficient (Wildman–Crippen LogP) is 2.98. The third-order valence-corrected chi connectivity index (χ3v) is 2.39. The number of aromatic nitrogens is 2. The maximum atomic E-state index is 5.84. The fraction of sp³-hybridized carbons (Fsp3) is 0. The number of rotatable bonds is 0. The van der Waals surface area contributed by atoms with Crippen LogP contribution in [0.15, 0.2) is 34.7 Å². The first-order valence-electron chi connectivity index (χ1n) is 4.15. The molecule has 3 rings (SSSR count). The largest absolute Gasteiger partial charge is 0.436 e. The average Bonchev–Trinajstić information content (AvgIpc) is 2.57. The third-order valence-electron chi connectivity index (χ3n) is 2.11. The van der Waals surface area contributed by atoms with Crippen molar-refractivity contribution >= 4 is 22.6 Å². The Labute approximate surface area is 84.7 Å². The van der Waals surface area contributed by atoms with Gasteiger partial charge in [0.1, 0.15) is 5.58 Å². The van der Waals surface area contributed by atoms with Crippen molar-refractivity contribution in [1.29, 1.82) is 0 Å². The second kappa shape index (κ2) is 2.69. The Kier molecular flexibility index (Phi) is 1.49. The van der Waals surface area contributed by atoms with Gasteiger partial charge in [0.2, 0.25) is 5.89 Å².